The molecule has 0 saturated heterocycles. The Labute approximate surface area is 116 Å². The first kappa shape index (κ1) is 12.2. The third-order valence-corrected chi connectivity index (χ3v) is 5.33. The highest BCUT2D eigenvalue weighted by Gasteiger charge is 2.38. The maximum absolute atomic E-state index is 11.5. The number of benzene rings is 1. The van der Waals surface area contributed by atoms with Crippen LogP contribution in [0.15, 0.2) is 18.2 Å². The highest BCUT2D eigenvalue weighted by atomic mass is 79.9. The van der Waals surface area contributed by atoms with E-state index in [0.717, 1.165) is 30.4 Å². The molecule has 1 N–H and O–H groups in total. The minimum Gasteiger partial charge on any atom is -0.326 e. The predicted molar refractivity (Wildman–Crippen MR) is 76.9 cm³/mol. The number of carbonyl (C=O) groups is 1. The fourth-order valence-corrected chi connectivity index (χ4v) is 3.79. The molecule has 3 rings (SSSR count). The number of aryl methyl sites for hydroxylation is 1. The summed E-state index contributed by atoms with van der Waals surface area (Å²) >= 11 is 3.83. The molecule has 1 heterocycles. The fourth-order valence-electron chi connectivity index (χ4n) is 2.77. The van der Waals surface area contributed by atoms with Gasteiger partial charge in [0.15, 0.2) is 0 Å². The van der Waals surface area contributed by atoms with Gasteiger partial charge >= 0.3 is 0 Å². The van der Waals surface area contributed by atoms with Crippen LogP contribution in [0.5, 0.6) is 0 Å². The zero-order chi connectivity index (χ0) is 12.7. The lowest BCUT2D eigenvalue weighted by Gasteiger charge is -2.13. The Morgan fingerprint density at radius 1 is 1.39 bits per heavy atom. The molecule has 0 aromatic heterocycles. The van der Waals surface area contributed by atoms with Gasteiger partial charge in [0.05, 0.1) is 0 Å². The van der Waals surface area contributed by atoms with E-state index in [9.17, 15) is 4.79 Å². The molecule has 0 radical (unpaired) electrons. The minimum absolute atomic E-state index is 0.146. The van der Waals surface area contributed by atoms with Gasteiger partial charge in [-0.15, -0.1) is 0 Å². The van der Waals surface area contributed by atoms with E-state index in [0.29, 0.717) is 11.2 Å². The number of hydrogen-bond acceptors (Lipinski definition) is 1. The lowest BCUT2D eigenvalue weighted by atomic mass is 10.0. The van der Waals surface area contributed by atoms with E-state index in [1.807, 2.05) is 0 Å². The Kier molecular flexibility index (Phi) is 3.18. The van der Waals surface area contributed by atoms with Crippen LogP contribution in [0.25, 0.3) is 0 Å². The van der Waals surface area contributed by atoms with E-state index in [1.54, 1.807) is 0 Å². The summed E-state index contributed by atoms with van der Waals surface area (Å²) in [6, 6.07) is 6.48. The summed E-state index contributed by atoms with van der Waals surface area (Å²) in [6.07, 6.45) is 3.92. The van der Waals surface area contributed by atoms with E-state index >= 15 is 0 Å². The van der Waals surface area contributed by atoms with Gasteiger partial charge in [0.1, 0.15) is 0 Å². The molecule has 0 spiro atoms. The van der Waals surface area contributed by atoms with Crippen molar-refractivity contribution in [1.82, 2.24) is 0 Å². The predicted octanol–water partition coefficient (Wildman–Crippen LogP) is 4.05. The molecule has 96 valence electrons. The van der Waals surface area contributed by atoms with Gasteiger partial charge in [-0.1, -0.05) is 35.0 Å². The van der Waals surface area contributed by atoms with Gasteiger partial charge in [-0.05, 0) is 48.3 Å². The van der Waals surface area contributed by atoms with Gasteiger partial charge in [0.2, 0.25) is 5.91 Å². The lowest BCUT2D eigenvalue weighted by Crippen LogP contribution is -2.09. The molecule has 1 fully saturated rings. The van der Waals surface area contributed by atoms with E-state index in [1.165, 1.54) is 17.5 Å². The number of hydrogen-bond donors (Lipinski definition) is 1. The first-order valence-electron chi connectivity index (χ1n) is 6.72. The second kappa shape index (κ2) is 4.69. The van der Waals surface area contributed by atoms with Crippen molar-refractivity contribution in [2.45, 2.75) is 37.4 Å². The van der Waals surface area contributed by atoms with Crippen LogP contribution in [0.3, 0.4) is 0 Å². The number of fused-ring (bicyclic) bond motifs is 1. The SMILES string of the molecule is CC1CC1C(Br)c1ccc2c(c1)CCCC(=O)N2. The summed E-state index contributed by atoms with van der Waals surface area (Å²) in [7, 11) is 0. The summed E-state index contributed by atoms with van der Waals surface area (Å²) in [4.78, 5) is 12.0. The Balaban J connectivity index is 1.86. The number of amides is 1. The van der Waals surface area contributed by atoms with E-state index < -0.39 is 0 Å². The van der Waals surface area contributed by atoms with Crippen LogP contribution in [0.4, 0.5) is 5.69 Å². The largest absolute Gasteiger partial charge is 0.326 e. The molecule has 1 aromatic rings. The zero-order valence-corrected chi connectivity index (χ0v) is 12.2. The molecule has 2 nitrogen and oxygen atoms in total. The Morgan fingerprint density at radius 3 is 2.89 bits per heavy atom. The molecule has 3 heteroatoms. The molecular weight excluding hydrogens is 290 g/mol. The molecule has 1 aromatic carbocycles. The van der Waals surface area contributed by atoms with Crippen LogP contribution < -0.4 is 5.32 Å². The van der Waals surface area contributed by atoms with Crippen LogP contribution in [-0.4, -0.2) is 5.91 Å². The Morgan fingerprint density at radius 2 is 2.17 bits per heavy atom. The number of carbonyl (C=O) groups excluding carboxylic acids is 1. The Bertz CT molecular complexity index is 485. The van der Waals surface area contributed by atoms with E-state index in [4.69, 9.17) is 0 Å². The lowest BCUT2D eigenvalue weighted by molar-refractivity contribution is -0.116. The van der Waals surface area contributed by atoms with Gasteiger partial charge in [0.25, 0.3) is 0 Å². The summed E-state index contributed by atoms with van der Waals surface area (Å²) in [5, 5.41) is 2.99. The molecule has 0 bridgehead atoms. The third kappa shape index (κ3) is 2.33. The van der Waals surface area contributed by atoms with Gasteiger partial charge in [-0.2, -0.15) is 0 Å². The summed E-state index contributed by atoms with van der Waals surface area (Å²) < 4.78 is 0. The second-order valence-corrected chi connectivity index (χ2v) is 6.58. The van der Waals surface area contributed by atoms with Gasteiger partial charge in [-0.3, -0.25) is 4.79 Å². The fraction of sp³-hybridized carbons (Fsp3) is 0.533. The van der Waals surface area contributed by atoms with Crippen molar-refractivity contribution in [3.8, 4) is 0 Å². The highest BCUT2D eigenvalue weighted by molar-refractivity contribution is 9.09. The average molecular weight is 308 g/mol. The van der Waals surface area contributed by atoms with Crippen LogP contribution in [0, 0.1) is 11.8 Å². The summed E-state index contributed by atoms with van der Waals surface area (Å²) in [5.74, 6) is 1.77. The quantitative estimate of drug-likeness (QED) is 0.820. The number of rotatable bonds is 2. The molecule has 3 unspecified atom stereocenters. The number of nitrogens with one attached hydrogen (secondary N) is 1. The number of halogens is 1. The zero-order valence-electron chi connectivity index (χ0n) is 10.6. The smallest absolute Gasteiger partial charge is 0.224 e. The van der Waals surface area contributed by atoms with Crippen molar-refractivity contribution >= 4 is 27.5 Å². The second-order valence-electron chi connectivity index (χ2n) is 5.60. The number of anilines is 1. The normalized spacial score (nSPS) is 28.0. The maximum Gasteiger partial charge on any atom is 0.224 e. The molecule has 1 aliphatic heterocycles. The van der Waals surface area contributed by atoms with Crippen molar-refractivity contribution in [2.75, 3.05) is 5.32 Å². The van der Waals surface area contributed by atoms with Gasteiger partial charge < -0.3 is 5.32 Å². The van der Waals surface area contributed by atoms with Crippen molar-refractivity contribution < 1.29 is 4.79 Å². The number of alkyl halides is 1. The van der Waals surface area contributed by atoms with Crippen LogP contribution in [0.2, 0.25) is 0 Å². The first-order chi connectivity index (χ1) is 8.65. The molecule has 3 atom stereocenters. The molecule has 1 aliphatic carbocycles. The average Bonchev–Trinajstić information content (AvgIpc) is 3.09. The van der Waals surface area contributed by atoms with Crippen molar-refractivity contribution in [1.29, 1.82) is 0 Å². The maximum atomic E-state index is 11.5. The Hall–Kier alpha value is -0.830. The van der Waals surface area contributed by atoms with Crippen LogP contribution >= 0.6 is 15.9 Å². The van der Waals surface area contributed by atoms with Crippen LogP contribution in [0.1, 0.15) is 42.1 Å². The standard InChI is InChI=1S/C15H18BrNO/c1-9-7-12(9)15(16)11-5-6-13-10(8-11)3-2-4-14(18)17-13/h5-6,8-9,12,15H,2-4,7H2,1H3,(H,17,18). The van der Waals surface area contributed by atoms with Crippen molar-refractivity contribution in [3.63, 3.8) is 0 Å². The highest BCUT2D eigenvalue weighted by Crippen LogP contribution is 2.51. The van der Waals surface area contributed by atoms with Gasteiger partial charge in [0, 0.05) is 16.9 Å². The minimum atomic E-state index is 0.146. The molecule has 1 amide bonds. The van der Waals surface area contributed by atoms with Crippen molar-refractivity contribution in [2.24, 2.45) is 11.8 Å². The third-order valence-electron chi connectivity index (χ3n) is 4.12. The summed E-state index contributed by atoms with van der Waals surface area (Å²) in [6.45, 7) is 2.31. The van der Waals surface area contributed by atoms with Crippen molar-refractivity contribution in [3.05, 3.63) is 29.3 Å². The van der Waals surface area contributed by atoms with E-state index in [-0.39, 0.29) is 5.91 Å². The monoisotopic (exact) mass is 307 g/mol. The topological polar surface area (TPSA) is 29.1 Å². The molecule has 2 aliphatic rings. The van der Waals surface area contributed by atoms with E-state index in [2.05, 4.69) is 46.4 Å². The molecule has 1 saturated carbocycles. The molecule has 18 heavy (non-hydrogen) atoms. The summed E-state index contributed by atoms with van der Waals surface area (Å²) in [5.41, 5.74) is 3.65. The van der Waals surface area contributed by atoms with Gasteiger partial charge in [-0.25, -0.2) is 0 Å². The first-order valence-corrected chi connectivity index (χ1v) is 7.63. The molecular formula is C15H18BrNO. The van der Waals surface area contributed by atoms with Crippen LogP contribution in [-0.2, 0) is 11.2 Å².